The van der Waals surface area contributed by atoms with Crippen LogP contribution in [-0.4, -0.2) is 32.5 Å². The zero-order chi connectivity index (χ0) is 12.6. The van der Waals surface area contributed by atoms with Crippen LogP contribution in [0.1, 0.15) is 18.4 Å². The van der Waals surface area contributed by atoms with E-state index in [0.29, 0.717) is 25.9 Å². The summed E-state index contributed by atoms with van der Waals surface area (Å²) in [6.07, 6.45) is 2.32. The molecule has 1 saturated heterocycles. The van der Waals surface area contributed by atoms with Gasteiger partial charge in [-0.25, -0.2) is 0 Å². The lowest BCUT2D eigenvalue weighted by atomic mass is 10.2. The third-order valence-electron chi connectivity index (χ3n) is 3.03. The molecule has 1 aromatic rings. The second kappa shape index (κ2) is 7.36. The first-order chi connectivity index (χ1) is 8.88. The molecule has 2 N–H and O–H groups in total. The number of ether oxygens (including phenoxy) is 3. The zero-order valence-electron chi connectivity index (χ0n) is 10.6. The van der Waals surface area contributed by atoms with E-state index in [-0.39, 0.29) is 0 Å². The van der Waals surface area contributed by atoms with Gasteiger partial charge in [-0.05, 0) is 30.5 Å². The Bertz CT molecular complexity index is 333. The first kappa shape index (κ1) is 13.3. The van der Waals surface area contributed by atoms with Crippen molar-refractivity contribution in [3.63, 3.8) is 0 Å². The number of benzene rings is 1. The fraction of sp³-hybridized carbons (Fsp3) is 0.571. The molecule has 0 radical (unpaired) electrons. The Morgan fingerprint density at radius 1 is 1.11 bits per heavy atom. The third-order valence-corrected chi connectivity index (χ3v) is 3.03. The van der Waals surface area contributed by atoms with E-state index in [1.165, 1.54) is 0 Å². The highest BCUT2D eigenvalue weighted by atomic mass is 16.5. The van der Waals surface area contributed by atoms with Crippen LogP contribution >= 0.6 is 0 Å². The Kier molecular flexibility index (Phi) is 5.45. The second-order valence-electron chi connectivity index (χ2n) is 4.38. The molecule has 0 amide bonds. The molecule has 0 spiro atoms. The molecular formula is C14H21NO3. The maximum Gasteiger partial charge on any atom is 0.119 e. The Balaban J connectivity index is 1.62. The van der Waals surface area contributed by atoms with Crippen molar-refractivity contribution in [2.24, 2.45) is 5.73 Å². The van der Waals surface area contributed by atoms with Crippen molar-refractivity contribution in [3.05, 3.63) is 29.8 Å². The molecule has 0 aliphatic carbocycles. The Hall–Kier alpha value is -1.10. The minimum Gasteiger partial charge on any atom is -0.491 e. The number of nitrogens with two attached hydrogens (primary N) is 1. The second-order valence-corrected chi connectivity index (χ2v) is 4.38. The van der Waals surface area contributed by atoms with Gasteiger partial charge in [0.2, 0.25) is 0 Å². The van der Waals surface area contributed by atoms with Crippen LogP contribution in [0, 0.1) is 0 Å². The van der Waals surface area contributed by atoms with Crippen molar-refractivity contribution in [3.8, 4) is 5.75 Å². The molecular weight excluding hydrogens is 230 g/mol. The van der Waals surface area contributed by atoms with E-state index in [4.69, 9.17) is 19.9 Å². The molecule has 0 bridgehead atoms. The minimum atomic E-state index is 0.335. The lowest BCUT2D eigenvalue weighted by Crippen LogP contribution is -2.25. The van der Waals surface area contributed by atoms with Gasteiger partial charge in [-0.15, -0.1) is 0 Å². The summed E-state index contributed by atoms with van der Waals surface area (Å²) in [7, 11) is 0. The third kappa shape index (κ3) is 4.29. The highest BCUT2D eigenvalue weighted by molar-refractivity contribution is 5.26. The highest BCUT2D eigenvalue weighted by Gasteiger charge is 2.13. The summed E-state index contributed by atoms with van der Waals surface area (Å²) in [4.78, 5) is 0. The molecule has 2 rings (SSSR count). The predicted molar refractivity (Wildman–Crippen MR) is 69.6 cm³/mol. The van der Waals surface area contributed by atoms with Gasteiger partial charge in [0.25, 0.3) is 0 Å². The van der Waals surface area contributed by atoms with E-state index < -0.39 is 0 Å². The van der Waals surface area contributed by atoms with E-state index in [9.17, 15) is 0 Å². The van der Waals surface area contributed by atoms with Gasteiger partial charge in [0.1, 0.15) is 12.4 Å². The number of hydrogen-bond donors (Lipinski definition) is 1. The molecule has 1 fully saturated rings. The summed E-state index contributed by atoms with van der Waals surface area (Å²) in [5.74, 6) is 0.864. The van der Waals surface area contributed by atoms with Crippen LogP contribution in [0.2, 0.25) is 0 Å². The van der Waals surface area contributed by atoms with E-state index in [0.717, 1.165) is 37.4 Å². The smallest absolute Gasteiger partial charge is 0.119 e. The van der Waals surface area contributed by atoms with Crippen LogP contribution in [-0.2, 0) is 16.0 Å². The monoisotopic (exact) mass is 251 g/mol. The predicted octanol–water partition coefficient (Wildman–Crippen LogP) is 1.72. The van der Waals surface area contributed by atoms with Gasteiger partial charge in [-0.2, -0.15) is 0 Å². The summed E-state index contributed by atoms with van der Waals surface area (Å²) in [6.45, 7) is 3.40. The normalized spacial score (nSPS) is 16.7. The molecule has 4 nitrogen and oxygen atoms in total. The van der Waals surface area contributed by atoms with Gasteiger partial charge in [-0.1, -0.05) is 12.1 Å². The fourth-order valence-electron chi connectivity index (χ4n) is 1.94. The molecule has 1 aliphatic rings. The highest BCUT2D eigenvalue weighted by Crippen LogP contribution is 2.13. The Morgan fingerprint density at radius 3 is 2.50 bits per heavy atom. The summed E-state index contributed by atoms with van der Waals surface area (Å²) < 4.78 is 16.6. The zero-order valence-corrected chi connectivity index (χ0v) is 10.6. The van der Waals surface area contributed by atoms with Crippen molar-refractivity contribution < 1.29 is 14.2 Å². The van der Waals surface area contributed by atoms with Gasteiger partial charge in [-0.3, -0.25) is 0 Å². The molecule has 100 valence electrons. The van der Waals surface area contributed by atoms with Crippen LogP contribution in [0.4, 0.5) is 0 Å². The summed E-state index contributed by atoms with van der Waals surface area (Å²) in [5, 5.41) is 0. The standard InChI is InChI=1S/C14H21NO3/c15-11-12-1-3-13(4-2-12)17-9-10-18-14-5-7-16-8-6-14/h1-4,14H,5-11,15H2. The van der Waals surface area contributed by atoms with Crippen LogP contribution < -0.4 is 10.5 Å². The SMILES string of the molecule is NCc1ccc(OCCOC2CCOCC2)cc1. The van der Waals surface area contributed by atoms with Crippen molar-refractivity contribution in [2.75, 3.05) is 26.4 Å². The van der Waals surface area contributed by atoms with E-state index in [1.54, 1.807) is 0 Å². The van der Waals surface area contributed by atoms with Gasteiger partial charge < -0.3 is 19.9 Å². The summed E-state index contributed by atoms with van der Waals surface area (Å²) >= 11 is 0. The molecule has 0 atom stereocenters. The van der Waals surface area contributed by atoms with Crippen molar-refractivity contribution in [2.45, 2.75) is 25.5 Å². The number of hydrogen-bond acceptors (Lipinski definition) is 4. The van der Waals surface area contributed by atoms with E-state index in [1.807, 2.05) is 24.3 Å². The molecule has 1 heterocycles. The fourth-order valence-corrected chi connectivity index (χ4v) is 1.94. The molecule has 18 heavy (non-hydrogen) atoms. The maximum atomic E-state index is 5.72. The van der Waals surface area contributed by atoms with E-state index >= 15 is 0 Å². The van der Waals surface area contributed by atoms with Crippen molar-refractivity contribution >= 4 is 0 Å². The first-order valence-corrected chi connectivity index (χ1v) is 6.49. The topological polar surface area (TPSA) is 53.7 Å². The molecule has 1 aromatic carbocycles. The van der Waals surface area contributed by atoms with Gasteiger partial charge in [0.05, 0.1) is 12.7 Å². The van der Waals surface area contributed by atoms with Crippen molar-refractivity contribution in [1.82, 2.24) is 0 Å². The van der Waals surface area contributed by atoms with Crippen LogP contribution in [0.5, 0.6) is 5.75 Å². The molecule has 0 saturated carbocycles. The van der Waals surface area contributed by atoms with Crippen molar-refractivity contribution in [1.29, 1.82) is 0 Å². The molecule has 1 aliphatic heterocycles. The summed E-state index contributed by atoms with van der Waals surface area (Å²) in [5.41, 5.74) is 6.64. The Morgan fingerprint density at radius 2 is 1.83 bits per heavy atom. The average Bonchev–Trinajstić information content (AvgIpc) is 2.45. The molecule has 0 unspecified atom stereocenters. The first-order valence-electron chi connectivity index (χ1n) is 6.49. The van der Waals surface area contributed by atoms with Gasteiger partial charge >= 0.3 is 0 Å². The largest absolute Gasteiger partial charge is 0.491 e. The maximum absolute atomic E-state index is 5.72. The summed E-state index contributed by atoms with van der Waals surface area (Å²) in [6, 6.07) is 7.84. The van der Waals surface area contributed by atoms with Gasteiger partial charge in [0.15, 0.2) is 0 Å². The van der Waals surface area contributed by atoms with Crippen LogP contribution in [0.15, 0.2) is 24.3 Å². The quantitative estimate of drug-likeness (QED) is 0.782. The van der Waals surface area contributed by atoms with Crippen LogP contribution in [0.25, 0.3) is 0 Å². The average molecular weight is 251 g/mol. The van der Waals surface area contributed by atoms with Gasteiger partial charge in [0, 0.05) is 19.8 Å². The number of rotatable bonds is 6. The molecule has 4 heteroatoms. The van der Waals surface area contributed by atoms with Crippen LogP contribution in [0.3, 0.4) is 0 Å². The lowest BCUT2D eigenvalue weighted by Gasteiger charge is -2.22. The van der Waals surface area contributed by atoms with E-state index in [2.05, 4.69) is 0 Å². The minimum absolute atomic E-state index is 0.335. The molecule has 0 aromatic heterocycles. The lowest BCUT2D eigenvalue weighted by molar-refractivity contribution is -0.0388. The Labute approximate surface area is 108 Å².